The van der Waals surface area contributed by atoms with Gasteiger partial charge in [0.2, 0.25) is 0 Å². The van der Waals surface area contributed by atoms with Crippen LogP contribution in [0.25, 0.3) is 0 Å². The van der Waals surface area contributed by atoms with E-state index in [1.54, 1.807) is 6.92 Å². The highest BCUT2D eigenvalue weighted by Crippen LogP contribution is 2.22. The van der Waals surface area contributed by atoms with Crippen molar-refractivity contribution < 1.29 is 23.8 Å². The van der Waals surface area contributed by atoms with Gasteiger partial charge in [-0.3, -0.25) is 4.98 Å². The molecule has 1 heterocycles. The smallest absolute Gasteiger partial charge is 0.387 e. The van der Waals surface area contributed by atoms with Gasteiger partial charge < -0.3 is 5.11 Å². The molecule has 0 aliphatic rings. The Hall–Kier alpha value is -1.40. The van der Waals surface area contributed by atoms with Crippen LogP contribution in [-0.2, 0) is 0 Å². The molecule has 1 atom stereocenters. The van der Waals surface area contributed by atoms with Crippen molar-refractivity contribution in [1.29, 1.82) is 0 Å². The summed E-state index contributed by atoms with van der Waals surface area (Å²) in [6.07, 6.45) is -1.06. The third-order valence-corrected chi connectivity index (χ3v) is 2.38. The first-order chi connectivity index (χ1) is 7.79. The van der Waals surface area contributed by atoms with Gasteiger partial charge in [0.15, 0.2) is 6.54 Å². The lowest BCUT2D eigenvalue weighted by Gasteiger charge is -2.13. The Morgan fingerprint density at radius 2 is 2.12 bits per heavy atom. The molecule has 0 aliphatic heterocycles. The summed E-state index contributed by atoms with van der Waals surface area (Å²) >= 11 is 0. The van der Waals surface area contributed by atoms with Gasteiger partial charge in [-0.25, -0.2) is 4.79 Å². The van der Waals surface area contributed by atoms with E-state index in [2.05, 4.69) is 4.98 Å². The molecule has 1 rings (SSSR count). The lowest BCUT2D eigenvalue weighted by Crippen LogP contribution is -2.37. The number of hydrogen-bond donors (Lipinski definition) is 1. The molecule has 0 saturated carbocycles. The Bertz CT molecular complexity index is 433. The largest absolute Gasteiger partial charge is 0.424 e. The zero-order valence-electron chi connectivity index (χ0n) is 9.94. The second kappa shape index (κ2) is 4.85. The molecule has 17 heavy (non-hydrogen) atoms. The highest BCUT2D eigenvalue weighted by atomic mass is 19.4. The lowest BCUT2D eigenvalue weighted by atomic mass is 10.1. The van der Waals surface area contributed by atoms with Gasteiger partial charge in [0.05, 0.1) is 20.8 Å². The summed E-state index contributed by atoms with van der Waals surface area (Å²) in [7, 11) is 0. The molecule has 0 saturated heterocycles. The summed E-state index contributed by atoms with van der Waals surface area (Å²) in [5.41, 5.74) is 0.309. The molecule has 1 N–H and O–H groups in total. The molecule has 1 unspecified atom stereocenters. The van der Waals surface area contributed by atoms with E-state index >= 15 is 0 Å². The van der Waals surface area contributed by atoms with Gasteiger partial charge >= 0.3 is 5.91 Å². The van der Waals surface area contributed by atoms with Crippen LogP contribution < -0.4 is 0 Å². The first-order valence-electron chi connectivity index (χ1n) is 5.27. The van der Waals surface area contributed by atoms with E-state index in [9.17, 15) is 18.9 Å². The normalized spacial score (nSPS) is 13.5. The van der Waals surface area contributed by atoms with E-state index in [-0.39, 0.29) is 11.3 Å². The molecule has 0 radical (unpaired) electrons. The van der Waals surface area contributed by atoms with Gasteiger partial charge in [0.25, 0.3) is 0 Å². The number of amides is 1. The second-order valence-electron chi connectivity index (χ2n) is 3.81. The molecular formula is C11H15F2N2O2+. The van der Waals surface area contributed by atoms with Crippen molar-refractivity contribution in [3.05, 3.63) is 29.1 Å². The van der Waals surface area contributed by atoms with Crippen molar-refractivity contribution in [1.82, 2.24) is 4.98 Å². The summed E-state index contributed by atoms with van der Waals surface area (Å²) in [5, 5.41) is 9.45. The Kier molecular flexibility index (Phi) is 3.90. The first kappa shape index (κ1) is 13.7. The third-order valence-electron chi connectivity index (χ3n) is 2.38. The molecule has 0 aliphatic carbocycles. The summed E-state index contributed by atoms with van der Waals surface area (Å²) < 4.78 is 26.5. The van der Waals surface area contributed by atoms with Crippen molar-refractivity contribution in [2.45, 2.75) is 26.9 Å². The fourth-order valence-electron chi connectivity index (χ4n) is 1.40. The molecule has 1 aromatic rings. The molecular weight excluding hydrogens is 230 g/mol. The highest BCUT2D eigenvalue weighted by molar-refractivity contribution is 5.89. The van der Waals surface area contributed by atoms with Gasteiger partial charge in [0, 0.05) is 5.69 Å². The molecule has 1 aromatic heterocycles. The molecule has 0 fully saturated rings. The number of nitrogens with zero attached hydrogens (tertiary/aromatic N) is 2. The minimum absolute atomic E-state index is 0.0127. The van der Waals surface area contributed by atoms with E-state index in [4.69, 9.17) is 0 Å². The molecule has 94 valence electrons. The quantitative estimate of drug-likeness (QED) is 0.830. The number of pyridine rings is 1. The Labute approximate surface area is 98.0 Å². The standard InChI is InChI=1S/C11H15F2N2O2/c1-4-15(12,13)11(17)9-6-5-7(2)14-10(9)8(3)16/h5-6,8,16H,4H2,1-3H3/q+1. The van der Waals surface area contributed by atoms with Crippen molar-refractivity contribution in [3.8, 4) is 0 Å². The van der Waals surface area contributed by atoms with E-state index in [0.717, 1.165) is 0 Å². The predicted octanol–water partition coefficient (Wildman–Crippen LogP) is 2.19. The van der Waals surface area contributed by atoms with E-state index in [1.807, 2.05) is 0 Å². The molecule has 4 nitrogen and oxygen atoms in total. The summed E-state index contributed by atoms with van der Waals surface area (Å²) in [4.78, 5) is 12.8. The zero-order chi connectivity index (χ0) is 13.2. The SMILES string of the molecule is CC[N+](F)(F)C(=O)c1ccc(C)nc1C(C)O. The molecule has 6 heteroatoms. The highest BCUT2D eigenvalue weighted by Gasteiger charge is 2.42. The lowest BCUT2D eigenvalue weighted by molar-refractivity contribution is -1.10. The number of aromatic nitrogens is 1. The van der Waals surface area contributed by atoms with Gasteiger partial charge in [-0.05, 0) is 32.9 Å². The maximum atomic E-state index is 13.3. The minimum Gasteiger partial charge on any atom is -0.387 e. The number of aliphatic hydroxyl groups excluding tert-OH is 1. The van der Waals surface area contributed by atoms with Crippen molar-refractivity contribution in [3.63, 3.8) is 0 Å². The zero-order valence-corrected chi connectivity index (χ0v) is 9.94. The number of quaternary nitrogens is 1. The van der Waals surface area contributed by atoms with Gasteiger partial charge in [-0.2, -0.15) is 0 Å². The van der Waals surface area contributed by atoms with Crippen LogP contribution in [0.2, 0.25) is 0 Å². The van der Waals surface area contributed by atoms with Crippen LogP contribution in [-0.4, -0.2) is 27.5 Å². The Morgan fingerprint density at radius 1 is 1.53 bits per heavy atom. The number of carbonyl (C=O) groups excluding carboxylic acids is 1. The number of carbonyl (C=O) groups is 1. The third kappa shape index (κ3) is 2.83. The average Bonchev–Trinajstić information content (AvgIpc) is 2.28. The van der Waals surface area contributed by atoms with E-state index < -0.39 is 23.5 Å². The number of hydrogen-bond acceptors (Lipinski definition) is 3. The summed E-state index contributed by atoms with van der Waals surface area (Å²) in [6.45, 7) is 3.62. The number of halogens is 2. The summed E-state index contributed by atoms with van der Waals surface area (Å²) in [6, 6.07) is 2.74. The fourth-order valence-corrected chi connectivity index (χ4v) is 1.40. The number of aryl methyl sites for hydroxylation is 1. The van der Waals surface area contributed by atoms with Gasteiger partial charge in [-0.1, -0.05) is 0 Å². The molecule has 0 bridgehead atoms. The van der Waals surface area contributed by atoms with Crippen molar-refractivity contribution in [2.24, 2.45) is 0 Å². The second-order valence-corrected chi connectivity index (χ2v) is 3.81. The van der Waals surface area contributed by atoms with Crippen LogP contribution in [0.5, 0.6) is 0 Å². The average molecular weight is 245 g/mol. The number of aliphatic hydroxyl groups is 1. The monoisotopic (exact) mass is 245 g/mol. The predicted molar refractivity (Wildman–Crippen MR) is 57.0 cm³/mol. The van der Waals surface area contributed by atoms with Crippen molar-refractivity contribution >= 4 is 5.91 Å². The summed E-state index contributed by atoms with van der Waals surface area (Å²) in [5.74, 6) is -1.35. The Morgan fingerprint density at radius 3 is 2.59 bits per heavy atom. The van der Waals surface area contributed by atoms with Gasteiger partial charge in [-0.15, -0.1) is 0 Å². The van der Waals surface area contributed by atoms with Crippen molar-refractivity contribution in [2.75, 3.05) is 6.54 Å². The van der Waals surface area contributed by atoms with Crippen LogP contribution in [0.1, 0.15) is 41.7 Å². The van der Waals surface area contributed by atoms with Gasteiger partial charge in [0.1, 0.15) is 10.5 Å². The van der Waals surface area contributed by atoms with Crippen LogP contribution in [0.15, 0.2) is 12.1 Å². The molecule has 1 amide bonds. The Balaban J connectivity index is 3.27. The number of rotatable bonds is 3. The van der Waals surface area contributed by atoms with E-state index in [1.165, 1.54) is 26.0 Å². The van der Waals surface area contributed by atoms with Crippen LogP contribution in [0.3, 0.4) is 0 Å². The first-order valence-corrected chi connectivity index (χ1v) is 5.27. The van der Waals surface area contributed by atoms with Crippen LogP contribution in [0.4, 0.5) is 8.96 Å². The maximum Gasteiger partial charge on any atom is 0.424 e. The van der Waals surface area contributed by atoms with Crippen LogP contribution in [0, 0.1) is 6.92 Å². The maximum absolute atomic E-state index is 13.3. The van der Waals surface area contributed by atoms with Crippen LogP contribution >= 0.6 is 0 Å². The topological polar surface area (TPSA) is 50.2 Å². The molecule has 0 spiro atoms. The van der Waals surface area contributed by atoms with E-state index in [0.29, 0.717) is 5.69 Å². The minimum atomic E-state index is -2.75. The molecule has 0 aromatic carbocycles. The fraction of sp³-hybridized carbons (Fsp3) is 0.455.